The first-order valence-electron chi connectivity index (χ1n) is 5.27. The number of likely N-dealkylation sites (N-methyl/N-ethyl adjacent to an activating group) is 1. The zero-order valence-corrected chi connectivity index (χ0v) is 10.7. The zero-order chi connectivity index (χ0) is 13.8. The number of carboxylic acid groups (broad SMARTS) is 1. The first-order valence-corrected chi connectivity index (χ1v) is 6.71. The Morgan fingerprint density at radius 2 is 2.22 bits per heavy atom. The maximum atomic E-state index is 12.1. The molecule has 1 aromatic heterocycles. The van der Waals surface area contributed by atoms with E-state index in [2.05, 4.69) is 5.10 Å². The first kappa shape index (κ1) is 14.6. The van der Waals surface area contributed by atoms with Crippen molar-refractivity contribution < 1.29 is 23.4 Å². The second kappa shape index (κ2) is 5.94. The first-order chi connectivity index (χ1) is 8.41. The van der Waals surface area contributed by atoms with Gasteiger partial charge in [-0.2, -0.15) is 9.40 Å². The van der Waals surface area contributed by atoms with E-state index in [0.29, 0.717) is 0 Å². The van der Waals surface area contributed by atoms with Crippen LogP contribution >= 0.6 is 0 Å². The summed E-state index contributed by atoms with van der Waals surface area (Å²) in [6.07, 6.45) is 2.25. The van der Waals surface area contributed by atoms with Crippen LogP contribution < -0.4 is 0 Å². The van der Waals surface area contributed by atoms with Gasteiger partial charge in [0.25, 0.3) is 0 Å². The molecule has 18 heavy (non-hydrogen) atoms. The molecule has 9 heteroatoms. The Balaban J connectivity index is 2.97. The lowest BCUT2D eigenvalue weighted by atomic mass is 10.6. The smallest absolute Gasteiger partial charge is 0.325 e. The molecule has 0 aromatic carbocycles. The predicted octanol–water partition coefficient (Wildman–Crippen LogP) is -1.03. The highest BCUT2D eigenvalue weighted by Crippen LogP contribution is 2.14. The topological polar surface area (TPSA) is 113 Å². The molecule has 0 atom stereocenters. The van der Waals surface area contributed by atoms with Crippen LogP contribution in [0.3, 0.4) is 0 Å². The lowest BCUT2D eigenvalue weighted by molar-refractivity contribution is -0.137. The van der Waals surface area contributed by atoms with Crippen molar-refractivity contribution in [3.8, 4) is 0 Å². The molecule has 1 aromatic rings. The molecule has 0 amide bonds. The fourth-order valence-electron chi connectivity index (χ4n) is 1.41. The van der Waals surface area contributed by atoms with Crippen molar-refractivity contribution in [2.75, 3.05) is 19.7 Å². The molecule has 8 nitrogen and oxygen atoms in total. The van der Waals surface area contributed by atoms with Gasteiger partial charge in [0.15, 0.2) is 0 Å². The quantitative estimate of drug-likeness (QED) is 0.659. The van der Waals surface area contributed by atoms with E-state index in [1.165, 1.54) is 0 Å². The van der Waals surface area contributed by atoms with Gasteiger partial charge < -0.3 is 10.2 Å². The molecule has 0 fully saturated rings. The number of sulfonamides is 1. The van der Waals surface area contributed by atoms with E-state index in [1.54, 1.807) is 6.92 Å². The van der Waals surface area contributed by atoms with E-state index in [-0.39, 0.29) is 24.6 Å². The number of hydrogen-bond acceptors (Lipinski definition) is 5. The average Bonchev–Trinajstić information content (AvgIpc) is 2.73. The Morgan fingerprint density at radius 1 is 1.56 bits per heavy atom. The molecule has 0 saturated carbocycles. The van der Waals surface area contributed by atoms with E-state index in [4.69, 9.17) is 10.2 Å². The van der Waals surface area contributed by atoms with Crippen LogP contribution in [0.4, 0.5) is 0 Å². The number of hydrogen-bond donors (Lipinski definition) is 2. The van der Waals surface area contributed by atoms with Crippen LogP contribution in [0.15, 0.2) is 17.3 Å². The third kappa shape index (κ3) is 3.28. The van der Waals surface area contributed by atoms with Crippen LogP contribution in [0, 0.1) is 0 Å². The third-order valence-corrected chi connectivity index (χ3v) is 4.17. The van der Waals surface area contributed by atoms with Crippen molar-refractivity contribution in [2.24, 2.45) is 0 Å². The fourth-order valence-corrected chi connectivity index (χ4v) is 2.81. The number of aliphatic hydroxyl groups is 1. The van der Waals surface area contributed by atoms with Gasteiger partial charge in [-0.05, 0) is 0 Å². The van der Waals surface area contributed by atoms with Gasteiger partial charge in [-0.3, -0.25) is 9.48 Å². The molecule has 1 heterocycles. The lowest BCUT2D eigenvalue weighted by Crippen LogP contribution is -2.33. The van der Waals surface area contributed by atoms with Crippen LogP contribution in [0.5, 0.6) is 0 Å². The highest BCUT2D eigenvalue weighted by molar-refractivity contribution is 7.89. The van der Waals surface area contributed by atoms with Crippen LogP contribution in [0.1, 0.15) is 6.92 Å². The van der Waals surface area contributed by atoms with Crippen molar-refractivity contribution in [1.82, 2.24) is 14.1 Å². The monoisotopic (exact) mass is 277 g/mol. The Kier molecular flexibility index (Phi) is 4.82. The summed E-state index contributed by atoms with van der Waals surface area (Å²) in [5.41, 5.74) is 0. The number of carboxylic acids is 1. The van der Waals surface area contributed by atoms with Crippen molar-refractivity contribution in [3.63, 3.8) is 0 Å². The molecule has 0 saturated heterocycles. The number of aromatic nitrogens is 2. The molecule has 0 bridgehead atoms. The maximum absolute atomic E-state index is 12.1. The Hall–Kier alpha value is -1.45. The minimum absolute atomic E-state index is 0.0110. The Morgan fingerprint density at radius 3 is 2.72 bits per heavy atom. The standard InChI is InChI=1S/C9H15N3O5S/c1-2-12(3-4-13)18(16,17)8-5-10-11(6-8)7-9(14)15/h5-6,13H,2-4,7H2,1H3,(H,14,15). The zero-order valence-electron chi connectivity index (χ0n) is 9.85. The van der Waals surface area contributed by atoms with E-state index in [0.717, 1.165) is 21.4 Å². The second-order valence-corrected chi connectivity index (χ2v) is 5.43. The van der Waals surface area contributed by atoms with E-state index in [9.17, 15) is 13.2 Å². The Bertz CT molecular complexity index is 510. The van der Waals surface area contributed by atoms with Gasteiger partial charge in [0.1, 0.15) is 11.4 Å². The third-order valence-electron chi connectivity index (χ3n) is 2.25. The van der Waals surface area contributed by atoms with Crippen LogP contribution in [-0.2, 0) is 21.4 Å². The lowest BCUT2D eigenvalue weighted by Gasteiger charge is -2.17. The number of aliphatic hydroxyl groups excluding tert-OH is 1. The van der Waals surface area contributed by atoms with Crippen molar-refractivity contribution in [2.45, 2.75) is 18.4 Å². The summed E-state index contributed by atoms with van der Waals surface area (Å²) in [7, 11) is -3.73. The molecule has 0 aliphatic heterocycles. The fraction of sp³-hybridized carbons (Fsp3) is 0.556. The number of rotatable bonds is 7. The van der Waals surface area contributed by atoms with Gasteiger partial charge in [-0.1, -0.05) is 6.92 Å². The summed E-state index contributed by atoms with van der Waals surface area (Å²) in [5, 5.41) is 21.0. The molecule has 0 aliphatic rings. The van der Waals surface area contributed by atoms with Crippen molar-refractivity contribution in [3.05, 3.63) is 12.4 Å². The van der Waals surface area contributed by atoms with Crippen LogP contribution in [0.2, 0.25) is 0 Å². The van der Waals surface area contributed by atoms with E-state index >= 15 is 0 Å². The molecule has 0 unspecified atom stereocenters. The molecule has 102 valence electrons. The van der Waals surface area contributed by atoms with Crippen LogP contribution in [-0.4, -0.2) is 58.4 Å². The second-order valence-electron chi connectivity index (χ2n) is 3.49. The predicted molar refractivity (Wildman–Crippen MR) is 61.4 cm³/mol. The summed E-state index contributed by atoms with van der Waals surface area (Å²) in [4.78, 5) is 10.4. The molecule has 0 radical (unpaired) electrons. The summed E-state index contributed by atoms with van der Waals surface area (Å²) in [6.45, 7) is 1.17. The SMILES string of the molecule is CCN(CCO)S(=O)(=O)c1cnn(CC(=O)O)c1. The maximum Gasteiger partial charge on any atom is 0.325 e. The summed E-state index contributed by atoms with van der Waals surface area (Å²) in [5.74, 6) is -1.11. The van der Waals surface area contributed by atoms with E-state index in [1.807, 2.05) is 0 Å². The molecule has 0 aliphatic carbocycles. The highest BCUT2D eigenvalue weighted by atomic mass is 32.2. The van der Waals surface area contributed by atoms with Crippen molar-refractivity contribution >= 4 is 16.0 Å². The minimum atomic E-state index is -3.73. The molecule has 0 spiro atoms. The Labute approximate surface area is 104 Å². The van der Waals surface area contributed by atoms with Gasteiger partial charge >= 0.3 is 5.97 Å². The molecular weight excluding hydrogens is 262 g/mol. The summed E-state index contributed by atoms with van der Waals surface area (Å²) in [6, 6.07) is 0. The van der Waals surface area contributed by atoms with Gasteiger partial charge in [0.05, 0.1) is 12.8 Å². The summed E-state index contributed by atoms with van der Waals surface area (Å²) >= 11 is 0. The van der Waals surface area contributed by atoms with Gasteiger partial charge in [-0.15, -0.1) is 0 Å². The molecule has 2 N–H and O–H groups in total. The highest BCUT2D eigenvalue weighted by Gasteiger charge is 2.24. The normalized spacial score (nSPS) is 11.9. The minimum Gasteiger partial charge on any atom is -0.480 e. The largest absolute Gasteiger partial charge is 0.480 e. The number of aliphatic carboxylic acids is 1. The number of nitrogens with zero attached hydrogens (tertiary/aromatic N) is 3. The van der Waals surface area contributed by atoms with Crippen LogP contribution in [0.25, 0.3) is 0 Å². The van der Waals surface area contributed by atoms with Gasteiger partial charge in [-0.25, -0.2) is 8.42 Å². The molecule has 1 rings (SSSR count). The number of carbonyl (C=O) groups is 1. The van der Waals surface area contributed by atoms with Gasteiger partial charge in [0.2, 0.25) is 10.0 Å². The summed E-state index contributed by atoms with van der Waals surface area (Å²) < 4.78 is 26.3. The van der Waals surface area contributed by atoms with E-state index < -0.39 is 22.5 Å². The van der Waals surface area contributed by atoms with Gasteiger partial charge in [0, 0.05) is 19.3 Å². The molecular formula is C9H15N3O5S. The van der Waals surface area contributed by atoms with Crippen molar-refractivity contribution in [1.29, 1.82) is 0 Å². The average molecular weight is 277 g/mol.